The zero-order valence-electron chi connectivity index (χ0n) is 16.1. The molecule has 0 saturated carbocycles. The Morgan fingerprint density at radius 1 is 1.23 bits per heavy atom. The summed E-state index contributed by atoms with van der Waals surface area (Å²) in [5.41, 5.74) is -1.54. The second-order valence-corrected chi connectivity index (χ2v) is 6.59. The summed E-state index contributed by atoms with van der Waals surface area (Å²) in [4.78, 5) is 38.6. The van der Waals surface area contributed by atoms with Gasteiger partial charge in [0, 0.05) is 11.8 Å². The number of aliphatic hydroxyl groups excluding tert-OH is 3. The zero-order valence-corrected chi connectivity index (χ0v) is 16.1. The van der Waals surface area contributed by atoms with Crippen molar-refractivity contribution in [1.29, 1.82) is 0 Å². The highest BCUT2D eigenvalue weighted by Crippen LogP contribution is 2.31. The van der Waals surface area contributed by atoms with Gasteiger partial charge in [-0.25, -0.2) is 4.79 Å². The molecule has 1 aliphatic heterocycles. The Balaban J connectivity index is 1.88. The van der Waals surface area contributed by atoms with Gasteiger partial charge in [-0.05, 0) is 31.2 Å². The molecule has 0 bridgehead atoms. The monoisotopic (exact) mass is 416 g/mol. The lowest BCUT2D eigenvalue weighted by molar-refractivity contribution is -0.0753. The van der Waals surface area contributed by atoms with Gasteiger partial charge in [0.05, 0.1) is 7.11 Å². The smallest absolute Gasteiger partial charge is 0.330 e. The number of carbonyl (C=O) groups excluding carboxylic acids is 1. The molecule has 1 unspecified atom stereocenters. The third-order valence-electron chi connectivity index (χ3n) is 4.73. The summed E-state index contributed by atoms with van der Waals surface area (Å²) in [6.45, 7) is 1.50. The maximum atomic E-state index is 12.6. The summed E-state index contributed by atoms with van der Waals surface area (Å²) in [5.74, 6) is 4.79. The minimum Gasteiger partial charge on any atom is -0.497 e. The molecule has 1 aromatic carbocycles. The van der Waals surface area contributed by atoms with E-state index in [1.165, 1.54) is 38.3 Å². The summed E-state index contributed by atoms with van der Waals surface area (Å²) in [5, 5.41) is 31.2. The fourth-order valence-electron chi connectivity index (χ4n) is 3.15. The number of aromatic amines is 1. The number of hydrogen-bond acceptors (Lipinski definition) is 8. The average Bonchev–Trinajstić information content (AvgIpc) is 3.03. The number of aromatic nitrogens is 2. The van der Waals surface area contributed by atoms with E-state index in [4.69, 9.17) is 9.47 Å². The van der Waals surface area contributed by atoms with Crippen LogP contribution in [0.25, 0.3) is 0 Å². The number of methoxy groups -OCH3 is 1. The quantitative estimate of drug-likeness (QED) is 0.350. The molecule has 30 heavy (non-hydrogen) atoms. The number of nitrogens with one attached hydrogen (secondary N) is 1. The highest BCUT2D eigenvalue weighted by atomic mass is 16.6. The van der Waals surface area contributed by atoms with E-state index < -0.39 is 47.7 Å². The van der Waals surface area contributed by atoms with Gasteiger partial charge >= 0.3 is 5.69 Å². The van der Waals surface area contributed by atoms with Gasteiger partial charge in [0.2, 0.25) is 0 Å². The van der Waals surface area contributed by atoms with E-state index >= 15 is 0 Å². The minimum atomic E-state index is -1.82. The maximum Gasteiger partial charge on any atom is 0.330 e. The van der Waals surface area contributed by atoms with Crippen LogP contribution in [0.1, 0.15) is 29.1 Å². The third-order valence-corrected chi connectivity index (χ3v) is 4.73. The Bertz CT molecular complexity index is 1110. The number of benzene rings is 1. The fraction of sp³-hybridized carbons (Fsp3) is 0.350. The summed E-state index contributed by atoms with van der Waals surface area (Å²) in [7, 11) is 1.46. The van der Waals surface area contributed by atoms with Crippen LogP contribution in [0.3, 0.4) is 0 Å². The first kappa shape index (κ1) is 21.5. The summed E-state index contributed by atoms with van der Waals surface area (Å²) >= 11 is 0. The van der Waals surface area contributed by atoms with Crippen LogP contribution >= 0.6 is 0 Å². The Labute approximate surface area is 170 Å². The number of carbonyl (C=O) groups is 1. The molecule has 10 nitrogen and oxygen atoms in total. The Hall–Kier alpha value is -3.23. The molecule has 158 valence electrons. The molecule has 0 spiro atoms. The summed E-state index contributed by atoms with van der Waals surface area (Å²) in [6, 6.07) is 5.92. The molecule has 10 heteroatoms. The number of aliphatic hydroxyl groups is 3. The highest BCUT2D eigenvalue weighted by Gasteiger charge is 2.49. The predicted octanol–water partition coefficient (Wildman–Crippen LogP) is -1.22. The van der Waals surface area contributed by atoms with E-state index in [2.05, 4.69) is 11.8 Å². The molecule has 5 atom stereocenters. The van der Waals surface area contributed by atoms with Gasteiger partial charge in [0.25, 0.3) is 5.56 Å². The van der Waals surface area contributed by atoms with Crippen LogP contribution in [-0.4, -0.2) is 62.2 Å². The third kappa shape index (κ3) is 3.92. The van der Waals surface area contributed by atoms with Crippen molar-refractivity contribution < 1.29 is 29.6 Å². The second-order valence-electron chi connectivity index (χ2n) is 6.59. The molecule has 2 heterocycles. The van der Waals surface area contributed by atoms with Crippen LogP contribution in [0.15, 0.2) is 40.1 Å². The van der Waals surface area contributed by atoms with Crippen molar-refractivity contribution in [1.82, 2.24) is 9.55 Å². The lowest BCUT2D eigenvalue weighted by atomic mass is 9.98. The first-order valence-electron chi connectivity index (χ1n) is 8.94. The zero-order chi connectivity index (χ0) is 22.0. The number of ketones is 1. The van der Waals surface area contributed by atoms with Crippen LogP contribution in [0, 0.1) is 11.8 Å². The molecule has 1 fully saturated rings. The molecular formula is C20H20N2O8. The van der Waals surface area contributed by atoms with Crippen molar-refractivity contribution in [3.05, 3.63) is 62.4 Å². The standard InChI is InChI=1S/C20H20N2O8/c1-3-4-11-9-22(20(28)21-18(11)27)19-16(26)15(25)17(30-19)14(24)13(23)10-5-7-12(29-2)8-6-10/h5-9,14-17,19,24-26H,1-2H3,(H,21,27,28)/t14?,15-,16-,17+,19+/m0/s1. The molecule has 0 amide bonds. The van der Waals surface area contributed by atoms with Crippen LogP contribution in [0.5, 0.6) is 5.75 Å². The number of ether oxygens (including phenoxy) is 2. The topological polar surface area (TPSA) is 151 Å². The van der Waals surface area contributed by atoms with Crippen LogP contribution < -0.4 is 16.0 Å². The van der Waals surface area contributed by atoms with Gasteiger partial charge < -0.3 is 24.8 Å². The molecule has 1 aromatic heterocycles. The lowest BCUT2D eigenvalue weighted by Crippen LogP contribution is -2.43. The van der Waals surface area contributed by atoms with E-state index in [9.17, 15) is 29.7 Å². The largest absolute Gasteiger partial charge is 0.497 e. The van der Waals surface area contributed by atoms with Gasteiger partial charge in [-0.15, -0.1) is 5.92 Å². The van der Waals surface area contributed by atoms with E-state index in [0.717, 1.165) is 10.8 Å². The SMILES string of the molecule is CC#Cc1cn([C@@H]2O[C@H](C(O)C(=O)c3ccc(OC)cc3)[C@@H](O)[C@@H]2O)c(=O)[nH]c1=O. The Kier molecular flexibility index (Phi) is 6.19. The first-order chi connectivity index (χ1) is 14.3. The Morgan fingerprint density at radius 2 is 1.90 bits per heavy atom. The summed E-state index contributed by atoms with van der Waals surface area (Å²) < 4.78 is 11.3. The molecule has 2 aromatic rings. The number of H-pyrrole nitrogens is 1. The molecule has 0 radical (unpaired) electrons. The summed E-state index contributed by atoms with van der Waals surface area (Å²) in [6.07, 6.45) is -7.03. The minimum absolute atomic E-state index is 0.0549. The molecule has 3 rings (SSSR count). The van der Waals surface area contributed by atoms with Gasteiger partial charge in [0.1, 0.15) is 35.7 Å². The normalized spacial score (nSPS) is 24.0. The first-order valence-corrected chi connectivity index (χ1v) is 8.94. The van der Waals surface area contributed by atoms with Crippen LogP contribution in [0.2, 0.25) is 0 Å². The van der Waals surface area contributed by atoms with E-state index in [1.807, 2.05) is 4.98 Å². The van der Waals surface area contributed by atoms with Gasteiger partial charge in [0.15, 0.2) is 12.0 Å². The van der Waals surface area contributed by atoms with E-state index in [-0.39, 0.29) is 11.1 Å². The second kappa shape index (κ2) is 8.64. The predicted molar refractivity (Wildman–Crippen MR) is 103 cm³/mol. The molecule has 1 saturated heterocycles. The van der Waals surface area contributed by atoms with Gasteiger partial charge in [-0.1, -0.05) is 5.92 Å². The number of hydrogen-bond donors (Lipinski definition) is 4. The highest BCUT2D eigenvalue weighted by molar-refractivity contribution is 5.99. The average molecular weight is 416 g/mol. The number of nitrogens with zero attached hydrogens (tertiary/aromatic N) is 1. The van der Waals surface area contributed by atoms with Crippen LogP contribution in [-0.2, 0) is 4.74 Å². The fourth-order valence-corrected chi connectivity index (χ4v) is 3.15. The van der Waals surface area contributed by atoms with Crippen molar-refractivity contribution in [2.75, 3.05) is 7.11 Å². The van der Waals surface area contributed by atoms with Crippen molar-refractivity contribution >= 4 is 5.78 Å². The van der Waals surface area contributed by atoms with E-state index in [0.29, 0.717) is 5.75 Å². The van der Waals surface area contributed by atoms with Crippen molar-refractivity contribution in [3.63, 3.8) is 0 Å². The van der Waals surface area contributed by atoms with Gasteiger partial charge in [-0.3, -0.25) is 19.1 Å². The van der Waals surface area contributed by atoms with Crippen molar-refractivity contribution in [2.24, 2.45) is 0 Å². The van der Waals surface area contributed by atoms with E-state index in [1.54, 1.807) is 0 Å². The van der Waals surface area contributed by atoms with Gasteiger partial charge in [-0.2, -0.15) is 0 Å². The molecule has 1 aliphatic rings. The molecule has 0 aliphatic carbocycles. The van der Waals surface area contributed by atoms with Crippen LogP contribution in [0.4, 0.5) is 0 Å². The molecular weight excluding hydrogens is 396 g/mol. The maximum absolute atomic E-state index is 12.6. The lowest BCUT2D eigenvalue weighted by Gasteiger charge is -2.20. The number of rotatable bonds is 5. The number of Topliss-reactive ketones (excluding diaryl/α,β-unsaturated/α-hetero) is 1. The van der Waals surface area contributed by atoms with Crippen molar-refractivity contribution in [3.8, 4) is 17.6 Å². The van der Waals surface area contributed by atoms with Crippen molar-refractivity contribution in [2.45, 2.75) is 37.6 Å². The Morgan fingerprint density at radius 3 is 2.50 bits per heavy atom. The molecule has 4 N–H and O–H groups in total.